The molecule has 0 unspecified atom stereocenters. The standard InChI is InChI=1S/C12H21NO/c1-12(2)6-8(7-12)13-10-5-9-3-4-11(10)14-9/h8-11,13H,3-7H2,1-2H3/t9-,10-,11+/m1/s1. The van der Waals surface area contributed by atoms with Gasteiger partial charge in [0.15, 0.2) is 0 Å². The van der Waals surface area contributed by atoms with Crippen molar-refractivity contribution < 1.29 is 4.74 Å². The second-order valence-corrected chi connectivity index (χ2v) is 6.15. The molecule has 0 aromatic rings. The smallest absolute Gasteiger partial charge is 0.0733 e. The Balaban J connectivity index is 1.50. The van der Waals surface area contributed by atoms with Crippen molar-refractivity contribution in [2.24, 2.45) is 5.41 Å². The molecule has 0 spiro atoms. The van der Waals surface area contributed by atoms with Crippen LogP contribution in [0, 0.1) is 5.41 Å². The third-order valence-corrected chi connectivity index (χ3v) is 4.15. The minimum absolute atomic E-state index is 0.545. The van der Waals surface area contributed by atoms with Crippen LogP contribution in [0.5, 0.6) is 0 Å². The Morgan fingerprint density at radius 1 is 1.21 bits per heavy atom. The zero-order valence-corrected chi connectivity index (χ0v) is 9.25. The average molecular weight is 195 g/mol. The number of hydrogen-bond acceptors (Lipinski definition) is 2. The molecule has 1 aliphatic carbocycles. The second kappa shape index (κ2) is 2.96. The van der Waals surface area contributed by atoms with Crippen LogP contribution in [0.2, 0.25) is 0 Å². The summed E-state index contributed by atoms with van der Waals surface area (Å²) in [5, 5.41) is 3.78. The molecular weight excluding hydrogens is 174 g/mol. The second-order valence-electron chi connectivity index (χ2n) is 6.15. The summed E-state index contributed by atoms with van der Waals surface area (Å²) in [6.45, 7) is 4.73. The predicted molar refractivity (Wildman–Crippen MR) is 56.2 cm³/mol. The van der Waals surface area contributed by atoms with Gasteiger partial charge in [0.2, 0.25) is 0 Å². The summed E-state index contributed by atoms with van der Waals surface area (Å²) in [5.74, 6) is 0. The molecule has 14 heavy (non-hydrogen) atoms. The molecule has 2 bridgehead atoms. The maximum atomic E-state index is 5.84. The molecule has 3 rings (SSSR count). The van der Waals surface area contributed by atoms with Crippen molar-refractivity contribution >= 4 is 0 Å². The SMILES string of the molecule is CC1(C)CC(N[C@@H]2C[C@H]3CC[C@@H]2O3)C1. The van der Waals surface area contributed by atoms with Crippen molar-refractivity contribution in [2.75, 3.05) is 0 Å². The zero-order valence-electron chi connectivity index (χ0n) is 9.25. The fourth-order valence-corrected chi connectivity index (χ4v) is 3.51. The van der Waals surface area contributed by atoms with E-state index < -0.39 is 0 Å². The minimum Gasteiger partial charge on any atom is -0.373 e. The van der Waals surface area contributed by atoms with Gasteiger partial charge < -0.3 is 10.1 Å². The summed E-state index contributed by atoms with van der Waals surface area (Å²) < 4.78 is 5.84. The third kappa shape index (κ3) is 1.49. The van der Waals surface area contributed by atoms with Crippen molar-refractivity contribution in [3.05, 3.63) is 0 Å². The molecule has 3 atom stereocenters. The van der Waals surface area contributed by atoms with Gasteiger partial charge in [0.1, 0.15) is 0 Å². The Morgan fingerprint density at radius 3 is 2.50 bits per heavy atom. The molecule has 0 amide bonds. The van der Waals surface area contributed by atoms with Crippen LogP contribution in [0.3, 0.4) is 0 Å². The molecule has 1 saturated carbocycles. The van der Waals surface area contributed by atoms with Crippen LogP contribution in [-0.4, -0.2) is 24.3 Å². The molecule has 1 N–H and O–H groups in total. The molecule has 2 nitrogen and oxygen atoms in total. The van der Waals surface area contributed by atoms with Crippen LogP contribution >= 0.6 is 0 Å². The molecule has 0 aromatic carbocycles. The van der Waals surface area contributed by atoms with Crippen molar-refractivity contribution in [2.45, 2.75) is 70.2 Å². The monoisotopic (exact) mass is 195 g/mol. The Labute approximate surface area is 86.4 Å². The Kier molecular flexibility index (Phi) is 1.94. The van der Waals surface area contributed by atoms with E-state index >= 15 is 0 Å². The van der Waals surface area contributed by atoms with Gasteiger partial charge in [-0.2, -0.15) is 0 Å². The molecule has 2 saturated heterocycles. The number of ether oxygens (including phenoxy) is 1. The van der Waals surface area contributed by atoms with E-state index in [2.05, 4.69) is 19.2 Å². The van der Waals surface area contributed by atoms with Crippen LogP contribution in [0.25, 0.3) is 0 Å². The molecule has 2 aliphatic heterocycles. The van der Waals surface area contributed by atoms with Gasteiger partial charge in [-0.15, -0.1) is 0 Å². The van der Waals surface area contributed by atoms with E-state index in [0.717, 1.165) is 6.04 Å². The molecule has 0 aromatic heterocycles. The van der Waals surface area contributed by atoms with Gasteiger partial charge in [-0.05, 0) is 37.5 Å². The first kappa shape index (κ1) is 9.17. The van der Waals surface area contributed by atoms with Crippen LogP contribution in [0.15, 0.2) is 0 Å². The van der Waals surface area contributed by atoms with Crippen molar-refractivity contribution in [1.82, 2.24) is 5.32 Å². The van der Waals surface area contributed by atoms with E-state index in [1.807, 2.05) is 0 Å². The van der Waals surface area contributed by atoms with Gasteiger partial charge in [0.25, 0.3) is 0 Å². The number of fused-ring (bicyclic) bond motifs is 2. The highest BCUT2D eigenvalue weighted by Gasteiger charge is 2.44. The van der Waals surface area contributed by atoms with Crippen LogP contribution < -0.4 is 5.32 Å². The Hall–Kier alpha value is -0.0800. The Bertz CT molecular complexity index is 230. The minimum atomic E-state index is 0.545. The maximum absolute atomic E-state index is 5.84. The van der Waals surface area contributed by atoms with Gasteiger partial charge in [-0.3, -0.25) is 0 Å². The first-order valence-corrected chi connectivity index (χ1v) is 6.04. The maximum Gasteiger partial charge on any atom is 0.0733 e. The van der Waals surface area contributed by atoms with E-state index in [-0.39, 0.29) is 0 Å². The van der Waals surface area contributed by atoms with E-state index in [9.17, 15) is 0 Å². The van der Waals surface area contributed by atoms with Crippen molar-refractivity contribution in [3.8, 4) is 0 Å². The van der Waals surface area contributed by atoms with Gasteiger partial charge in [-0.25, -0.2) is 0 Å². The number of hydrogen-bond donors (Lipinski definition) is 1. The van der Waals surface area contributed by atoms with Gasteiger partial charge in [0.05, 0.1) is 12.2 Å². The molecule has 3 fully saturated rings. The van der Waals surface area contributed by atoms with Crippen molar-refractivity contribution in [1.29, 1.82) is 0 Å². The summed E-state index contributed by atoms with van der Waals surface area (Å²) in [6.07, 6.45) is 7.69. The largest absolute Gasteiger partial charge is 0.373 e. The molecule has 2 heteroatoms. The van der Waals surface area contributed by atoms with Crippen molar-refractivity contribution in [3.63, 3.8) is 0 Å². The summed E-state index contributed by atoms with van der Waals surface area (Å²) in [5.41, 5.74) is 0.593. The van der Waals surface area contributed by atoms with E-state index in [1.54, 1.807) is 0 Å². The number of nitrogens with one attached hydrogen (secondary N) is 1. The number of rotatable bonds is 2. The fraction of sp³-hybridized carbons (Fsp3) is 1.00. The third-order valence-electron chi connectivity index (χ3n) is 4.15. The molecule has 3 aliphatic rings. The van der Waals surface area contributed by atoms with E-state index in [4.69, 9.17) is 4.74 Å². The highest BCUT2D eigenvalue weighted by atomic mass is 16.5. The topological polar surface area (TPSA) is 21.3 Å². The summed E-state index contributed by atoms with van der Waals surface area (Å²) >= 11 is 0. The van der Waals surface area contributed by atoms with Gasteiger partial charge >= 0.3 is 0 Å². The van der Waals surface area contributed by atoms with Crippen LogP contribution in [0.4, 0.5) is 0 Å². The lowest BCUT2D eigenvalue weighted by Gasteiger charge is -2.45. The lowest BCUT2D eigenvalue weighted by molar-refractivity contribution is 0.0785. The van der Waals surface area contributed by atoms with Crippen LogP contribution in [0.1, 0.15) is 46.0 Å². The zero-order chi connectivity index (χ0) is 9.76. The average Bonchev–Trinajstić information content (AvgIpc) is 2.61. The summed E-state index contributed by atoms with van der Waals surface area (Å²) in [4.78, 5) is 0. The highest BCUT2D eigenvalue weighted by molar-refractivity contribution is 4.99. The summed E-state index contributed by atoms with van der Waals surface area (Å²) in [6, 6.07) is 1.45. The quantitative estimate of drug-likeness (QED) is 0.728. The first-order valence-electron chi connectivity index (χ1n) is 6.04. The molecule has 0 radical (unpaired) electrons. The van der Waals surface area contributed by atoms with Crippen LogP contribution in [-0.2, 0) is 4.74 Å². The predicted octanol–water partition coefficient (Wildman–Crippen LogP) is 2.08. The first-order chi connectivity index (χ1) is 6.62. The molecule has 2 heterocycles. The summed E-state index contributed by atoms with van der Waals surface area (Å²) in [7, 11) is 0. The Morgan fingerprint density at radius 2 is 2.00 bits per heavy atom. The lowest BCUT2D eigenvalue weighted by atomic mass is 9.68. The highest BCUT2D eigenvalue weighted by Crippen LogP contribution is 2.42. The normalized spacial score (nSPS) is 45.4. The van der Waals surface area contributed by atoms with E-state index in [0.29, 0.717) is 23.7 Å². The van der Waals surface area contributed by atoms with Gasteiger partial charge in [0, 0.05) is 12.1 Å². The molecular formula is C12H21NO. The molecule has 80 valence electrons. The van der Waals surface area contributed by atoms with E-state index in [1.165, 1.54) is 32.1 Å². The van der Waals surface area contributed by atoms with Gasteiger partial charge in [-0.1, -0.05) is 13.8 Å². The fourth-order valence-electron chi connectivity index (χ4n) is 3.51. The lowest BCUT2D eigenvalue weighted by Crippen LogP contribution is -2.52.